The zero-order valence-corrected chi connectivity index (χ0v) is 14.3. The number of rotatable bonds is 4. The summed E-state index contributed by atoms with van der Waals surface area (Å²) < 4.78 is 5.85. The van der Waals surface area contributed by atoms with E-state index in [1.807, 2.05) is 42.5 Å². The average Bonchev–Trinajstić information content (AvgIpc) is 3.07. The molecule has 0 saturated carbocycles. The van der Waals surface area contributed by atoms with Gasteiger partial charge in [-0.15, -0.1) is 0 Å². The molecule has 2 heterocycles. The summed E-state index contributed by atoms with van der Waals surface area (Å²) in [4.78, 5) is 10.1. The lowest BCUT2D eigenvalue weighted by Gasteiger charge is -2.21. The van der Waals surface area contributed by atoms with E-state index in [2.05, 4.69) is 28.7 Å². The van der Waals surface area contributed by atoms with Crippen LogP contribution >= 0.6 is 0 Å². The highest BCUT2D eigenvalue weighted by atomic mass is 16.3. The van der Waals surface area contributed by atoms with Gasteiger partial charge < -0.3 is 14.3 Å². The molecule has 4 rings (SSSR count). The number of aromatic amines is 1. The van der Waals surface area contributed by atoms with Crippen molar-refractivity contribution in [2.24, 2.45) is 0 Å². The van der Waals surface area contributed by atoms with Crippen molar-refractivity contribution in [3.05, 3.63) is 54.1 Å². The largest absolute Gasteiger partial charge is 0.463 e. The predicted molar refractivity (Wildman–Crippen MR) is 101 cm³/mol. The van der Waals surface area contributed by atoms with Crippen molar-refractivity contribution in [3.8, 4) is 11.4 Å². The number of nitrogens with zero attached hydrogens (tertiary/aromatic N) is 2. The number of benzene rings is 2. The van der Waals surface area contributed by atoms with Crippen molar-refractivity contribution in [3.63, 3.8) is 0 Å². The maximum absolute atomic E-state index is 8.58. The quantitative estimate of drug-likeness (QED) is 0.585. The van der Waals surface area contributed by atoms with Crippen LogP contribution in [0.4, 0.5) is 5.69 Å². The smallest absolute Gasteiger partial charge is 0.143 e. The topological polar surface area (TPSA) is 68.9 Å². The third-order valence-electron chi connectivity index (χ3n) is 4.58. The molecule has 25 heavy (non-hydrogen) atoms. The fraction of sp³-hybridized carbons (Fsp3) is 0.200. The van der Waals surface area contributed by atoms with Crippen molar-refractivity contribution in [2.45, 2.75) is 13.8 Å². The van der Waals surface area contributed by atoms with E-state index in [1.54, 1.807) is 6.26 Å². The lowest BCUT2D eigenvalue weighted by molar-refractivity contribution is 0.603. The number of hydrogen-bond donors (Lipinski definition) is 2. The Balaban J connectivity index is 1.85. The molecule has 5 nitrogen and oxygen atoms in total. The maximum Gasteiger partial charge on any atom is 0.143 e. The summed E-state index contributed by atoms with van der Waals surface area (Å²) in [5.74, 6) is 0.657. The summed E-state index contributed by atoms with van der Waals surface area (Å²) in [6.07, 6.45) is 1.62. The minimum absolute atomic E-state index is 0.423. The van der Waals surface area contributed by atoms with Crippen LogP contribution in [0.15, 0.2) is 53.1 Å². The Kier molecular flexibility index (Phi) is 3.76. The van der Waals surface area contributed by atoms with Crippen LogP contribution in [0.3, 0.4) is 0 Å². The molecule has 0 bridgehead atoms. The van der Waals surface area contributed by atoms with Gasteiger partial charge in [0.25, 0.3) is 0 Å². The fourth-order valence-corrected chi connectivity index (χ4v) is 3.18. The summed E-state index contributed by atoms with van der Waals surface area (Å²) >= 11 is 0. The van der Waals surface area contributed by atoms with E-state index in [0.717, 1.165) is 35.2 Å². The van der Waals surface area contributed by atoms with Gasteiger partial charge in [-0.05, 0) is 38.1 Å². The van der Waals surface area contributed by atoms with Crippen LogP contribution in [-0.2, 0) is 0 Å². The number of hydrogen-bond acceptors (Lipinski definition) is 4. The molecule has 0 fully saturated rings. The van der Waals surface area contributed by atoms with Crippen LogP contribution in [0.1, 0.15) is 13.8 Å². The molecule has 2 aromatic heterocycles. The maximum atomic E-state index is 8.58. The standard InChI is InChI=1S/C20H20N4O/c1-3-24(4-2)13-9-10-14-18(11-13)25-12-15(19(14)21)20-22-16-7-5-6-8-17(16)23-20/h5-12,21H,3-4H2,1-2H3,(H,22,23). The summed E-state index contributed by atoms with van der Waals surface area (Å²) in [7, 11) is 0. The van der Waals surface area contributed by atoms with Gasteiger partial charge in [-0.2, -0.15) is 0 Å². The number of imidazole rings is 1. The van der Waals surface area contributed by atoms with Gasteiger partial charge in [-0.3, -0.25) is 5.41 Å². The van der Waals surface area contributed by atoms with E-state index < -0.39 is 0 Å². The number of fused-ring (bicyclic) bond motifs is 2. The molecule has 4 aromatic rings. The predicted octanol–water partition coefficient (Wildman–Crippen LogP) is 4.30. The molecule has 2 N–H and O–H groups in total. The normalized spacial score (nSPS) is 11.3. The van der Waals surface area contributed by atoms with Crippen molar-refractivity contribution in [1.82, 2.24) is 9.97 Å². The van der Waals surface area contributed by atoms with Crippen molar-refractivity contribution >= 4 is 27.7 Å². The van der Waals surface area contributed by atoms with E-state index in [9.17, 15) is 0 Å². The number of anilines is 1. The second-order valence-corrected chi connectivity index (χ2v) is 5.98. The Morgan fingerprint density at radius 1 is 1.12 bits per heavy atom. The molecular formula is C20H20N4O. The molecule has 0 spiro atoms. The zero-order valence-electron chi connectivity index (χ0n) is 14.3. The summed E-state index contributed by atoms with van der Waals surface area (Å²) in [5, 5.41) is 9.79. The first-order valence-corrected chi connectivity index (χ1v) is 8.51. The van der Waals surface area contributed by atoms with Crippen molar-refractivity contribution in [2.75, 3.05) is 18.0 Å². The first-order chi connectivity index (χ1) is 12.2. The minimum Gasteiger partial charge on any atom is -0.463 e. The molecule has 0 atom stereocenters. The highest BCUT2D eigenvalue weighted by Gasteiger charge is 2.12. The zero-order chi connectivity index (χ0) is 17.4. The van der Waals surface area contributed by atoms with E-state index >= 15 is 0 Å². The van der Waals surface area contributed by atoms with Gasteiger partial charge in [-0.1, -0.05) is 12.1 Å². The molecule has 0 aliphatic heterocycles. The Morgan fingerprint density at radius 2 is 1.92 bits per heavy atom. The highest BCUT2D eigenvalue weighted by molar-refractivity contribution is 5.85. The van der Waals surface area contributed by atoms with Crippen LogP contribution in [0, 0.1) is 5.41 Å². The van der Waals surface area contributed by atoms with Gasteiger partial charge >= 0.3 is 0 Å². The van der Waals surface area contributed by atoms with Gasteiger partial charge in [0.2, 0.25) is 0 Å². The van der Waals surface area contributed by atoms with Gasteiger partial charge in [0, 0.05) is 30.2 Å². The first-order valence-electron chi connectivity index (χ1n) is 8.51. The Bertz CT molecular complexity index is 1070. The van der Waals surface area contributed by atoms with Crippen LogP contribution in [-0.4, -0.2) is 23.1 Å². The molecule has 0 amide bonds. The van der Waals surface area contributed by atoms with E-state index in [0.29, 0.717) is 22.3 Å². The summed E-state index contributed by atoms with van der Waals surface area (Å²) in [6.45, 7) is 6.14. The van der Waals surface area contributed by atoms with E-state index in [1.165, 1.54) is 0 Å². The molecular weight excluding hydrogens is 312 g/mol. The molecule has 5 heteroatoms. The third kappa shape index (κ3) is 2.58. The molecule has 0 saturated heterocycles. The molecule has 0 aliphatic rings. The van der Waals surface area contributed by atoms with Crippen molar-refractivity contribution < 1.29 is 4.42 Å². The molecule has 2 aromatic carbocycles. The second-order valence-electron chi connectivity index (χ2n) is 5.98. The monoisotopic (exact) mass is 332 g/mol. The third-order valence-corrected chi connectivity index (χ3v) is 4.58. The molecule has 0 aliphatic carbocycles. The number of para-hydroxylation sites is 2. The molecule has 126 valence electrons. The average molecular weight is 332 g/mol. The molecule has 0 radical (unpaired) electrons. The minimum atomic E-state index is 0.423. The SMILES string of the molecule is CCN(CC)c1ccc2c(=N)c(-c3nc4ccccc4[nH]3)coc2c1. The van der Waals surface area contributed by atoms with Gasteiger partial charge in [0.15, 0.2) is 0 Å². The van der Waals surface area contributed by atoms with Gasteiger partial charge in [0.05, 0.1) is 22.0 Å². The van der Waals surface area contributed by atoms with Crippen LogP contribution in [0.25, 0.3) is 33.4 Å². The highest BCUT2D eigenvalue weighted by Crippen LogP contribution is 2.24. The number of H-pyrrole nitrogens is 1. The summed E-state index contributed by atoms with van der Waals surface area (Å²) in [5.41, 5.74) is 4.33. The second kappa shape index (κ2) is 6.09. The van der Waals surface area contributed by atoms with E-state index in [4.69, 9.17) is 9.83 Å². The van der Waals surface area contributed by atoms with Crippen LogP contribution in [0.5, 0.6) is 0 Å². The number of aromatic nitrogens is 2. The fourth-order valence-electron chi connectivity index (χ4n) is 3.18. The van der Waals surface area contributed by atoms with Crippen molar-refractivity contribution in [1.29, 1.82) is 5.41 Å². The van der Waals surface area contributed by atoms with Crippen LogP contribution in [0.2, 0.25) is 0 Å². The Labute approximate surface area is 145 Å². The van der Waals surface area contributed by atoms with E-state index in [-0.39, 0.29) is 0 Å². The number of nitrogens with one attached hydrogen (secondary N) is 2. The first kappa shape index (κ1) is 15.4. The molecule has 0 unspecified atom stereocenters. The van der Waals surface area contributed by atoms with Gasteiger partial charge in [0.1, 0.15) is 17.7 Å². The lowest BCUT2D eigenvalue weighted by Crippen LogP contribution is -2.21. The van der Waals surface area contributed by atoms with Crippen LogP contribution < -0.4 is 10.3 Å². The van der Waals surface area contributed by atoms with Gasteiger partial charge in [-0.25, -0.2) is 4.98 Å². The Hall–Kier alpha value is -3.08. The Morgan fingerprint density at radius 3 is 2.68 bits per heavy atom. The lowest BCUT2D eigenvalue weighted by atomic mass is 10.1. The summed E-state index contributed by atoms with van der Waals surface area (Å²) in [6, 6.07) is 13.9.